The molecule has 0 fully saturated rings. The third-order valence-corrected chi connectivity index (χ3v) is 2.23. The molecular weight excluding hydrogens is 132 g/mol. The van der Waals surface area contributed by atoms with Crippen LogP contribution in [0.3, 0.4) is 0 Å². The lowest BCUT2D eigenvalue weighted by atomic mass is 10.2. The van der Waals surface area contributed by atoms with Crippen molar-refractivity contribution in [2.45, 2.75) is 6.92 Å². The molecule has 0 aromatic heterocycles. The van der Waals surface area contributed by atoms with Gasteiger partial charge in [-0.3, -0.25) is 0 Å². The lowest BCUT2D eigenvalue weighted by molar-refractivity contribution is 0.250. The fraction of sp³-hybridized carbons (Fsp3) is 0.714. The van der Waals surface area contributed by atoms with Crippen LogP contribution in [0, 0.1) is 5.92 Å². The van der Waals surface area contributed by atoms with Gasteiger partial charge >= 0.3 is 0 Å². The average molecular weight is 146 g/mol. The van der Waals surface area contributed by atoms with Crippen LogP contribution >= 0.6 is 11.8 Å². The third kappa shape index (κ3) is 5.93. The Morgan fingerprint density at radius 1 is 1.78 bits per heavy atom. The molecule has 0 saturated heterocycles. The van der Waals surface area contributed by atoms with E-state index in [1.165, 1.54) is 0 Å². The molecule has 0 rings (SSSR count). The second-order valence-corrected chi connectivity index (χ2v) is 3.19. The Morgan fingerprint density at radius 2 is 2.44 bits per heavy atom. The average Bonchev–Trinajstić information content (AvgIpc) is 1.89. The molecule has 0 bridgehead atoms. The van der Waals surface area contributed by atoms with Gasteiger partial charge in [0.05, 0.1) is 0 Å². The molecule has 2 heteroatoms. The van der Waals surface area contributed by atoms with Crippen LogP contribution in [0.2, 0.25) is 0 Å². The summed E-state index contributed by atoms with van der Waals surface area (Å²) in [5.41, 5.74) is 0. The van der Waals surface area contributed by atoms with Crippen molar-refractivity contribution < 1.29 is 5.11 Å². The highest BCUT2D eigenvalue weighted by Crippen LogP contribution is 2.06. The Kier molecular flexibility index (Phi) is 6.21. The Labute approximate surface area is 61.2 Å². The number of aliphatic hydroxyl groups excluding tert-OH is 1. The zero-order chi connectivity index (χ0) is 7.11. The summed E-state index contributed by atoms with van der Waals surface area (Å²) in [7, 11) is 0. The van der Waals surface area contributed by atoms with Crippen molar-refractivity contribution in [1.82, 2.24) is 0 Å². The quantitative estimate of drug-likeness (QED) is 0.469. The highest BCUT2D eigenvalue weighted by Gasteiger charge is 1.96. The minimum atomic E-state index is 0.296. The van der Waals surface area contributed by atoms with E-state index in [2.05, 4.69) is 6.58 Å². The number of thioether (sulfide) groups is 1. The molecule has 1 nitrogen and oxygen atoms in total. The molecule has 0 aliphatic rings. The zero-order valence-corrected chi connectivity index (χ0v) is 6.66. The topological polar surface area (TPSA) is 20.2 Å². The van der Waals surface area contributed by atoms with E-state index < -0.39 is 0 Å². The van der Waals surface area contributed by atoms with Gasteiger partial charge in [0.25, 0.3) is 0 Å². The molecule has 1 N–H and O–H groups in total. The highest BCUT2D eigenvalue weighted by atomic mass is 32.2. The van der Waals surface area contributed by atoms with Gasteiger partial charge in [-0.25, -0.2) is 0 Å². The van der Waals surface area contributed by atoms with Crippen LogP contribution in [-0.2, 0) is 0 Å². The van der Waals surface area contributed by atoms with Gasteiger partial charge in [0.1, 0.15) is 0 Å². The van der Waals surface area contributed by atoms with E-state index in [9.17, 15) is 0 Å². The first-order chi connectivity index (χ1) is 4.31. The minimum Gasteiger partial charge on any atom is -0.396 e. The van der Waals surface area contributed by atoms with Crippen LogP contribution < -0.4 is 0 Å². The van der Waals surface area contributed by atoms with Crippen molar-refractivity contribution in [3.8, 4) is 0 Å². The number of hydrogen-bond donors (Lipinski definition) is 1. The first-order valence-corrected chi connectivity index (χ1v) is 4.26. The molecule has 0 spiro atoms. The summed E-state index contributed by atoms with van der Waals surface area (Å²) < 4.78 is 0. The van der Waals surface area contributed by atoms with Gasteiger partial charge in [0.15, 0.2) is 0 Å². The molecule has 0 aliphatic heterocycles. The molecule has 0 heterocycles. The summed E-state index contributed by atoms with van der Waals surface area (Å²) in [5, 5.41) is 8.59. The fourth-order valence-electron chi connectivity index (χ4n) is 0.405. The molecule has 54 valence electrons. The molecule has 0 amide bonds. The normalized spacial score (nSPS) is 13.1. The first-order valence-electron chi connectivity index (χ1n) is 3.10. The van der Waals surface area contributed by atoms with Crippen molar-refractivity contribution in [1.29, 1.82) is 0 Å². The van der Waals surface area contributed by atoms with Crippen LogP contribution in [0.1, 0.15) is 6.92 Å². The van der Waals surface area contributed by atoms with Gasteiger partial charge in [-0.15, -0.1) is 6.58 Å². The number of rotatable bonds is 5. The van der Waals surface area contributed by atoms with E-state index in [-0.39, 0.29) is 0 Å². The Hall–Kier alpha value is 0.0500. The van der Waals surface area contributed by atoms with E-state index in [1.807, 2.05) is 24.8 Å². The molecule has 0 aliphatic carbocycles. The lowest BCUT2D eigenvalue weighted by Crippen LogP contribution is -2.03. The smallest absolute Gasteiger partial charge is 0.0464 e. The maximum absolute atomic E-state index is 8.59. The van der Waals surface area contributed by atoms with Crippen molar-refractivity contribution in [3.05, 3.63) is 12.7 Å². The number of hydrogen-bond acceptors (Lipinski definition) is 2. The van der Waals surface area contributed by atoms with Crippen molar-refractivity contribution in [2.24, 2.45) is 5.92 Å². The highest BCUT2D eigenvalue weighted by molar-refractivity contribution is 7.99. The van der Waals surface area contributed by atoms with E-state index in [0.717, 1.165) is 11.5 Å². The predicted octanol–water partition coefficient (Wildman–Crippen LogP) is 1.53. The van der Waals surface area contributed by atoms with Gasteiger partial charge < -0.3 is 5.11 Å². The van der Waals surface area contributed by atoms with E-state index in [0.29, 0.717) is 12.5 Å². The van der Waals surface area contributed by atoms with Crippen molar-refractivity contribution in [2.75, 3.05) is 18.1 Å². The Balaban J connectivity index is 2.96. The molecule has 0 aromatic carbocycles. The molecule has 0 radical (unpaired) electrons. The monoisotopic (exact) mass is 146 g/mol. The predicted molar refractivity (Wildman–Crippen MR) is 43.8 cm³/mol. The van der Waals surface area contributed by atoms with Gasteiger partial charge in [-0.1, -0.05) is 13.0 Å². The largest absolute Gasteiger partial charge is 0.396 e. The second-order valence-electron chi connectivity index (χ2n) is 2.11. The van der Waals surface area contributed by atoms with Gasteiger partial charge in [-0.2, -0.15) is 11.8 Å². The second kappa shape index (κ2) is 6.17. The van der Waals surface area contributed by atoms with Gasteiger partial charge in [0, 0.05) is 12.4 Å². The molecule has 1 atom stereocenters. The van der Waals surface area contributed by atoms with Crippen LogP contribution in [-0.4, -0.2) is 23.2 Å². The summed E-state index contributed by atoms with van der Waals surface area (Å²) in [6.45, 7) is 5.93. The standard InChI is InChI=1S/C7H14OS/c1-3-4-9-6-7(2)5-8/h3,7-8H,1,4-6H2,2H3. The molecule has 1 unspecified atom stereocenters. The maximum atomic E-state index is 8.59. The molecule has 0 aromatic rings. The van der Waals surface area contributed by atoms with Crippen molar-refractivity contribution in [3.63, 3.8) is 0 Å². The van der Waals surface area contributed by atoms with Crippen LogP contribution in [0.15, 0.2) is 12.7 Å². The first kappa shape index (κ1) is 9.05. The fourth-order valence-corrected chi connectivity index (χ4v) is 1.22. The van der Waals surface area contributed by atoms with E-state index >= 15 is 0 Å². The van der Waals surface area contributed by atoms with Crippen molar-refractivity contribution >= 4 is 11.8 Å². The Morgan fingerprint density at radius 3 is 2.89 bits per heavy atom. The summed E-state index contributed by atoms with van der Waals surface area (Å²) >= 11 is 1.81. The summed E-state index contributed by atoms with van der Waals surface area (Å²) in [5.74, 6) is 2.45. The minimum absolute atomic E-state index is 0.296. The van der Waals surface area contributed by atoms with E-state index in [1.54, 1.807) is 0 Å². The summed E-state index contributed by atoms with van der Waals surface area (Å²) in [6, 6.07) is 0. The maximum Gasteiger partial charge on any atom is 0.0464 e. The van der Waals surface area contributed by atoms with Crippen LogP contribution in [0.4, 0.5) is 0 Å². The summed E-state index contributed by atoms with van der Waals surface area (Å²) in [4.78, 5) is 0. The van der Waals surface area contributed by atoms with Crippen LogP contribution in [0.5, 0.6) is 0 Å². The van der Waals surface area contributed by atoms with Crippen LogP contribution in [0.25, 0.3) is 0 Å². The van der Waals surface area contributed by atoms with E-state index in [4.69, 9.17) is 5.11 Å². The third-order valence-electron chi connectivity index (χ3n) is 0.950. The SMILES string of the molecule is C=CCSCC(C)CO. The summed E-state index contributed by atoms with van der Waals surface area (Å²) in [6.07, 6.45) is 1.88. The number of aliphatic hydroxyl groups is 1. The van der Waals surface area contributed by atoms with Gasteiger partial charge in [0.2, 0.25) is 0 Å². The van der Waals surface area contributed by atoms with Gasteiger partial charge in [-0.05, 0) is 11.7 Å². The molecular formula is C7H14OS. The molecule has 0 saturated carbocycles. The zero-order valence-electron chi connectivity index (χ0n) is 5.84. The Bertz CT molecular complexity index is 73.3. The lowest BCUT2D eigenvalue weighted by Gasteiger charge is -2.03. The molecule has 9 heavy (non-hydrogen) atoms.